The molecule has 1 aliphatic rings. The van der Waals surface area contributed by atoms with Crippen LogP contribution in [-0.4, -0.2) is 26.0 Å². The maximum atomic E-state index is 12.0. The lowest BCUT2D eigenvalue weighted by molar-refractivity contribution is -0.306. The normalized spacial score (nSPS) is 15.6. The van der Waals surface area contributed by atoms with Crippen LogP contribution in [0.2, 0.25) is 0 Å². The highest BCUT2D eigenvalue weighted by Crippen LogP contribution is 2.32. The van der Waals surface area contributed by atoms with Crippen LogP contribution in [-0.2, 0) is 16.1 Å². The fraction of sp³-hybridized carbons (Fsp3) is 0.111. The van der Waals surface area contributed by atoms with Crippen LogP contribution in [0.25, 0.3) is 28.5 Å². The van der Waals surface area contributed by atoms with Crippen molar-refractivity contribution in [3.63, 3.8) is 0 Å². The number of fused-ring (bicyclic) bond motifs is 1. The summed E-state index contributed by atoms with van der Waals surface area (Å²) in [5, 5.41) is 18.7. The van der Waals surface area contributed by atoms with Crippen LogP contribution in [0.1, 0.15) is 12.0 Å². The monoisotopic (exact) mass is 398 g/mol. The van der Waals surface area contributed by atoms with E-state index in [1.165, 1.54) is 16.4 Å². The molecule has 3 aromatic rings. The van der Waals surface area contributed by atoms with Crippen molar-refractivity contribution in [3.8, 4) is 11.5 Å². The van der Waals surface area contributed by atoms with Crippen molar-refractivity contribution in [2.24, 2.45) is 0 Å². The van der Waals surface area contributed by atoms with Crippen LogP contribution in [0, 0.1) is 0 Å². The van der Waals surface area contributed by atoms with Crippen molar-refractivity contribution in [1.29, 1.82) is 0 Å². The SMILES string of the molecule is O=C([O-])CCn1cc(/C=C2/SC(=S)NC2=O)c(-c2cc3ccccc3o2)n1. The number of thiocarbonyl (C=S) groups is 1. The van der Waals surface area contributed by atoms with Gasteiger partial charge in [-0.3, -0.25) is 9.48 Å². The molecule has 0 radical (unpaired) electrons. The standard InChI is InChI=1S/C18H13N3O4S2/c22-15(23)5-6-21-9-11(8-14-17(24)19-18(26)27-14)16(20-21)13-7-10-3-1-2-4-12(10)25-13/h1-4,7-9H,5-6H2,(H,22,23)(H,19,24,26)/p-1/b14-8+. The number of nitrogens with one attached hydrogen (secondary N) is 1. The first-order valence-corrected chi connectivity index (χ1v) is 9.23. The fourth-order valence-corrected chi connectivity index (χ4v) is 3.75. The van der Waals surface area contributed by atoms with Gasteiger partial charge in [-0.15, -0.1) is 0 Å². The number of rotatable bonds is 5. The number of aromatic nitrogens is 2. The van der Waals surface area contributed by atoms with E-state index in [1.807, 2.05) is 30.3 Å². The lowest BCUT2D eigenvalue weighted by Crippen LogP contribution is -2.23. The van der Waals surface area contributed by atoms with Crippen LogP contribution >= 0.6 is 24.0 Å². The zero-order chi connectivity index (χ0) is 19.0. The third-order valence-corrected chi connectivity index (χ3v) is 5.09. The van der Waals surface area contributed by atoms with Crippen molar-refractivity contribution in [2.45, 2.75) is 13.0 Å². The van der Waals surface area contributed by atoms with E-state index in [0.717, 1.165) is 5.39 Å². The molecule has 0 spiro atoms. The molecule has 7 nitrogen and oxygen atoms in total. The third kappa shape index (κ3) is 3.64. The van der Waals surface area contributed by atoms with Gasteiger partial charge in [0, 0.05) is 36.1 Å². The number of carboxylic acid groups (broad SMARTS) is 1. The number of para-hydroxylation sites is 1. The molecule has 0 saturated carbocycles. The summed E-state index contributed by atoms with van der Waals surface area (Å²) in [5.74, 6) is -0.906. The average Bonchev–Trinajstić information content (AvgIpc) is 3.30. The lowest BCUT2D eigenvalue weighted by Gasteiger charge is -2.01. The van der Waals surface area contributed by atoms with Crippen LogP contribution in [0.5, 0.6) is 0 Å². The molecular weight excluding hydrogens is 386 g/mol. The number of thioether (sulfide) groups is 1. The van der Waals surface area contributed by atoms with Crippen LogP contribution < -0.4 is 10.4 Å². The predicted octanol–water partition coefficient (Wildman–Crippen LogP) is 1.93. The molecule has 2 aromatic heterocycles. The highest BCUT2D eigenvalue weighted by atomic mass is 32.2. The van der Waals surface area contributed by atoms with Crippen molar-refractivity contribution >= 4 is 57.2 Å². The number of carbonyl (C=O) groups is 2. The van der Waals surface area contributed by atoms with Crippen molar-refractivity contribution in [1.82, 2.24) is 15.1 Å². The Morgan fingerprint density at radius 2 is 2.22 bits per heavy atom. The van der Waals surface area contributed by atoms with Gasteiger partial charge in [0.15, 0.2) is 5.76 Å². The zero-order valence-corrected chi connectivity index (χ0v) is 15.4. The summed E-state index contributed by atoms with van der Waals surface area (Å²) in [6, 6.07) is 9.41. The number of benzene rings is 1. The maximum absolute atomic E-state index is 12.0. The minimum atomic E-state index is -1.16. The molecule has 1 N–H and O–H groups in total. The molecule has 27 heavy (non-hydrogen) atoms. The molecule has 1 aromatic carbocycles. The number of furan rings is 1. The molecule has 0 unspecified atom stereocenters. The summed E-state index contributed by atoms with van der Waals surface area (Å²) >= 11 is 6.18. The van der Waals surface area contributed by atoms with Crippen molar-refractivity contribution < 1.29 is 19.1 Å². The number of nitrogens with zero attached hydrogens (tertiary/aromatic N) is 2. The molecule has 1 fully saturated rings. The first-order valence-electron chi connectivity index (χ1n) is 8.01. The Morgan fingerprint density at radius 1 is 1.41 bits per heavy atom. The Bertz CT molecular complexity index is 1080. The fourth-order valence-electron chi connectivity index (χ4n) is 2.72. The highest BCUT2D eigenvalue weighted by Gasteiger charge is 2.24. The lowest BCUT2D eigenvalue weighted by atomic mass is 10.2. The van der Waals surface area contributed by atoms with Crippen molar-refractivity contribution in [3.05, 3.63) is 47.0 Å². The quantitative estimate of drug-likeness (QED) is 0.518. The number of carbonyl (C=O) groups excluding carboxylic acids is 2. The summed E-state index contributed by atoms with van der Waals surface area (Å²) < 4.78 is 7.77. The Balaban J connectivity index is 1.78. The van der Waals surface area contributed by atoms with E-state index >= 15 is 0 Å². The molecule has 1 amide bonds. The summed E-state index contributed by atoms with van der Waals surface area (Å²) in [7, 11) is 0. The van der Waals surface area contributed by atoms with E-state index in [4.69, 9.17) is 16.6 Å². The average molecular weight is 398 g/mol. The first kappa shape index (κ1) is 17.5. The Morgan fingerprint density at radius 3 is 2.93 bits per heavy atom. The Labute approximate surface area is 163 Å². The topological polar surface area (TPSA) is 100 Å². The predicted molar refractivity (Wildman–Crippen MR) is 103 cm³/mol. The van der Waals surface area contributed by atoms with E-state index in [0.29, 0.717) is 31.8 Å². The molecule has 4 rings (SSSR count). The molecule has 0 aliphatic carbocycles. The Hall–Kier alpha value is -2.91. The van der Waals surface area contributed by atoms with E-state index in [1.54, 1.807) is 12.3 Å². The van der Waals surface area contributed by atoms with Crippen molar-refractivity contribution in [2.75, 3.05) is 0 Å². The zero-order valence-electron chi connectivity index (χ0n) is 13.8. The highest BCUT2D eigenvalue weighted by molar-refractivity contribution is 8.26. The molecule has 9 heteroatoms. The van der Waals surface area contributed by atoms with Gasteiger partial charge in [-0.25, -0.2) is 0 Å². The minimum Gasteiger partial charge on any atom is -0.550 e. The third-order valence-electron chi connectivity index (χ3n) is 3.92. The Kier molecular flexibility index (Phi) is 4.54. The minimum absolute atomic E-state index is 0.149. The molecule has 0 atom stereocenters. The van der Waals surface area contributed by atoms with Gasteiger partial charge in [-0.2, -0.15) is 5.10 Å². The maximum Gasteiger partial charge on any atom is 0.263 e. The second kappa shape index (κ2) is 7.01. The molecule has 0 bridgehead atoms. The van der Waals surface area contributed by atoms with Crippen LogP contribution in [0.3, 0.4) is 0 Å². The number of carboxylic acids is 1. The number of hydrogen-bond donors (Lipinski definition) is 1. The van der Waals surface area contributed by atoms with Crippen LogP contribution in [0.15, 0.2) is 45.9 Å². The van der Waals surface area contributed by atoms with Gasteiger partial charge in [-0.1, -0.05) is 42.2 Å². The van der Waals surface area contributed by atoms with Gasteiger partial charge >= 0.3 is 0 Å². The van der Waals surface area contributed by atoms with E-state index in [-0.39, 0.29) is 18.9 Å². The molecular formula is C18H12N3O4S2-. The molecule has 3 heterocycles. The number of amides is 1. The number of aliphatic carboxylic acids is 1. The van der Waals surface area contributed by atoms with E-state index in [2.05, 4.69) is 10.4 Å². The smallest absolute Gasteiger partial charge is 0.263 e. The van der Waals surface area contributed by atoms with Gasteiger partial charge < -0.3 is 19.6 Å². The summed E-state index contributed by atoms with van der Waals surface area (Å²) in [5.41, 5.74) is 1.86. The first-order chi connectivity index (χ1) is 13.0. The molecule has 136 valence electrons. The second-order valence-corrected chi connectivity index (χ2v) is 7.54. The number of aryl methyl sites for hydroxylation is 1. The molecule has 1 saturated heterocycles. The number of hydrogen-bond acceptors (Lipinski definition) is 7. The summed E-state index contributed by atoms with van der Waals surface area (Å²) in [6.45, 7) is 0.149. The van der Waals surface area contributed by atoms with Crippen LogP contribution in [0.4, 0.5) is 0 Å². The van der Waals surface area contributed by atoms with Gasteiger partial charge in [-0.05, 0) is 18.2 Å². The molecule has 1 aliphatic heterocycles. The largest absolute Gasteiger partial charge is 0.550 e. The second-order valence-electron chi connectivity index (χ2n) is 5.82. The summed E-state index contributed by atoms with van der Waals surface area (Å²) in [4.78, 5) is 23.2. The van der Waals surface area contributed by atoms with Gasteiger partial charge in [0.05, 0.1) is 4.91 Å². The van der Waals surface area contributed by atoms with E-state index in [9.17, 15) is 14.7 Å². The van der Waals surface area contributed by atoms with Gasteiger partial charge in [0.2, 0.25) is 0 Å². The van der Waals surface area contributed by atoms with Gasteiger partial charge in [0.1, 0.15) is 15.6 Å². The summed E-state index contributed by atoms with van der Waals surface area (Å²) in [6.07, 6.45) is 3.18. The van der Waals surface area contributed by atoms with Gasteiger partial charge in [0.25, 0.3) is 5.91 Å². The van der Waals surface area contributed by atoms with E-state index < -0.39 is 5.97 Å².